The van der Waals surface area contributed by atoms with Gasteiger partial charge in [-0.3, -0.25) is 9.52 Å². The van der Waals surface area contributed by atoms with Gasteiger partial charge in [-0.2, -0.15) is 0 Å². The fraction of sp³-hybridized carbons (Fsp3) is 0.188. The zero-order valence-corrected chi connectivity index (χ0v) is 14.5. The van der Waals surface area contributed by atoms with E-state index in [4.69, 9.17) is 11.6 Å². The number of aryl methyl sites for hydroxylation is 2. The molecule has 0 radical (unpaired) electrons. The summed E-state index contributed by atoms with van der Waals surface area (Å²) in [6.07, 6.45) is 0. The Morgan fingerprint density at radius 1 is 1.00 bits per heavy atom. The number of carbonyl (C=O) groups is 1. The summed E-state index contributed by atoms with van der Waals surface area (Å²) in [6, 6.07) is 9.59. The van der Waals surface area contributed by atoms with Crippen LogP contribution in [0.1, 0.15) is 18.1 Å². The molecule has 0 aromatic heterocycles. The Balaban J connectivity index is 2.28. The first kappa shape index (κ1) is 17.3. The van der Waals surface area contributed by atoms with Crippen molar-refractivity contribution >= 4 is 38.9 Å². The second kappa shape index (κ2) is 6.60. The Bertz CT molecular complexity index is 846. The third-order valence-electron chi connectivity index (χ3n) is 3.20. The molecule has 0 spiro atoms. The van der Waals surface area contributed by atoms with Gasteiger partial charge in [-0.1, -0.05) is 11.6 Å². The van der Waals surface area contributed by atoms with Gasteiger partial charge in [0.1, 0.15) is 0 Å². The lowest BCUT2D eigenvalue weighted by Gasteiger charge is -2.12. The molecular weight excluding hydrogens is 336 g/mol. The molecule has 0 saturated carbocycles. The molecule has 2 rings (SSSR count). The highest BCUT2D eigenvalue weighted by Gasteiger charge is 2.18. The van der Waals surface area contributed by atoms with Crippen LogP contribution in [0, 0.1) is 13.8 Å². The molecule has 0 aliphatic rings. The van der Waals surface area contributed by atoms with E-state index in [1.807, 2.05) is 0 Å². The highest BCUT2D eigenvalue weighted by atomic mass is 35.5. The lowest BCUT2D eigenvalue weighted by molar-refractivity contribution is -0.114. The molecule has 122 valence electrons. The van der Waals surface area contributed by atoms with Crippen LogP contribution in [-0.4, -0.2) is 14.3 Å². The number of benzene rings is 2. The Labute approximate surface area is 140 Å². The van der Waals surface area contributed by atoms with Gasteiger partial charge < -0.3 is 5.32 Å². The van der Waals surface area contributed by atoms with Crippen LogP contribution in [0.25, 0.3) is 0 Å². The Kier molecular flexibility index (Phi) is 4.97. The van der Waals surface area contributed by atoms with Crippen molar-refractivity contribution in [2.24, 2.45) is 0 Å². The van der Waals surface area contributed by atoms with Crippen LogP contribution in [0.5, 0.6) is 0 Å². The molecule has 2 aromatic rings. The quantitative estimate of drug-likeness (QED) is 0.880. The lowest BCUT2D eigenvalue weighted by Crippen LogP contribution is -2.14. The van der Waals surface area contributed by atoms with Gasteiger partial charge in [0.25, 0.3) is 10.0 Å². The average Bonchev–Trinajstić information content (AvgIpc) is 2.44. The lowest BCUT2D eigenvalue weighted by atomic mass is 10.2. The van der Waals surface area contributed by atoms with Crippen molar-refractivity contribution < 1.29 is 13.2 Å². The molecule has 7 heteroatoms. The monoisotopic (exact) mass is 352 g/mol. The van der Waals surface area contributed by atoms with Crippen molar-refractivity contribution in [1.82, 2.24) is 0 Å². The molecule has 0 saturated heterocycles. The number of nitrogens with one attached hydrogen (secondary N) is 2. The molecule has 1 amide bonds. The smallest absolute Gasteiger partial charge is 0.262 e. The fourth-order valence-electron chi connectivity index (χ4n) is 2.08. The number of hydrogen-bond acceptors (Lipinski definition) is 3. The third kappa shape index (κ3) is 4.24. The third-order valence-corrected chi connectivity index (χ3v) is 5.13. The van der Waals surface area contributed by atoms with Crippen LogP contribution >= 0.6 is 11.6 Å². The van der Waals surface area contributed by atoms with E-state index in [9.17, 15) is 13.2 Å². The highest BCUT2D eigenvalue weighted by Crippen LogP contribution is 2.26. The second-order valence-electron chi connectivity index (χ2n) is 5.23. The normalized spacial score (nSPS) is 11.1. The first-order chi connectivity index (χ1) is 10.7. The van der Waals surface area contributed by atoms with Crippen LogP contribution in [-0.2, 0) is 14.8 Å². The summed E-state index contributed by atoms with van der Waals surface area (Å²) in [5.41, 5.74) is 2.27. The van der Waals surface area contributed by atoms with Gasteiger partial charge in [-0.15, -0.1) is 0 Å². The molecule has 0 aliphatic heterocycles. The number of rotatable bonds is 4. The van der Waals surface area contributed by atoms with E-state index in [2.05, 4.69) is 10.0 Å². The minimum atomic E-state index is -3.72. The van der Waals surface area contributed by atoms with E-state index in [0.717, 1.165) is 0 Å². The van der Waals surface area contributed by atoms with Crippen molar-refractivity contribution in [3.05, 3.63) is 52.5 Å². The van der Waals surface area contributed by atoms with Crippen LogP contribution in [0.4, 0.5) is 11.4 Å². The molecule has 0 heterocycles. The summed E-state index contributed by atoms with van der Waals surface area (Å²) in [5.74, 6) is -0.189. The van der Waals surface area contributed by atoms with Gasteiger partial charge in [-0.25, -0.2) is 8.42 Å². The summed E-state index contributed by atoms with van der Waals surface area (Å²) in [4.78, 5) is 11.2. The Morgan fingerprint density at radius 2 is 1.57 bits per heavy atom. The van der Waals surface area contributed by atoms with E-state index < -0.39 is 10.0 Å². The molecule has 5 nitrogen and oxygen atoms in total. The summed E-state index contributed by atoms with van der Waals surface area (Å²) in [7, 11) is -3.72. The summed E-state index contributed by atoms with van der Waals surface area (Å²) in [5, 5.41) is 3.15. The van der Waals surface area contributed by atoms with E-state index in [-0.39, 0.29) is 10.8 Å². The summed E-state index contributed by atoms with van der Waals surface area (Å²) < 4.78 is 27.6. The van der Waals surface area contributed by atoms with Gasteiger partial charge in [-0.05, 0) is 61.4 Å². The maximum absolute atomic E-state index is 12.5. The number of amides is 1. The van der Waals surface area contributed by atoms with Crippen LogP contribution in [0.15, 0.2) is 41.3 Å². The Hall–Kier alpha value is -2.05. The number of anilines is 2. The van der Waals surface area contributed by atoms with Crippen molar-refractivity contribution in [3.8, 4) is 0 Å². The van der Waals surface area contributed by atoms with Gasteiger partial charge >= 0.3 is 0 Å². The standard InChI is InChI=1S/C16H17ClN2O3S/c1-10-9-16(11(2)8-15(10)17)23(21,22)19-14-6-4-13(5-7-14)18-12(3)20/h4-9,19H,1-3H3,(H,18,20). The highest BCUT2D eigenvalue weighted by molar-refractivity contribution is 7.92. The van der Waals surface area contributed by atoms with E-state index in [0.29, 0.717) is 27.5 Å². The van der Waals surface area contributed by atoms with Gasteiger partial charge in [0.15, 0.2) is 0 Å². The second-order valence-corrected chi connectivity index (χ2v) is 7.29. The summed E-state index contributed by atoms with van der Waals surface area (Å²) >= 11 is 6.01. The SMILES string of the molecule is CC(=O)Nc1ccc(NS(=O)(=O)c2cc(C)c(Cl)cc2C)cc1. The molecule has 23 heavy (non-hydrogen) atoms. The maximum Gasteiger partial charge on any atom is 0.262 e. The van der Waals surface area contributed by atoms with Crippen LogP contribution in [0.3, 0.4) is 0 Å². The van der Waals surface area contributed by atoms with Crippen molar-refractivity contribution in [1.29, 1.82) is 0 Å². The van der Waals surface area contributed by atoms with Crippen molar-refractivity contribution in [2.45, 2.75) is 25.7 Å². The van der Waals surface area contributed by atoms with Gasteiger partial charge in [0, 0.05) is 23.3 Å². The first-order valence-corrected chi connectivity index (χ1v) is 8.72. The predicted molar refractivity (Wildman–Crippen MR) is 92.5 cm³/mol. The van der Waals surface area contributed by atoms with E-state index in [1.165, 1.54) is 6.92 Å². The zero-order chi connectivity index (χ0) is 17.2. The molecule has 0 aliphatic carbocycles. The number of carbonyl (C=O) groups excluding carboxylic acids is 1. The fourth-order valence-corrected chi connectivity index (χ4v) is 3.67. The number of sulfonamides is 1. The molecule has 0 unspecified atom stereocenters. The first-order valence-electron chi connectivity index (χ1n) is 6.86. The summed E-state index contributed by atoms with van der Waals surface area (Å²) in [6.45, 7) is 4.85. The Morgan fingerprint density at radius 3 is 2.13 bits per heavy atom. The molecular formula is C16H17ClN2O3S. The predicted octanol–water partition coefficient (Wildman–Crippen LogP) is 3.72. The van der Waals surface area contributed by atoms with Crippen LogP contribution in [0.2, 0.25) is 5.02 Å². The van der Waals surface area contributed by atoms with Gasteiger partial charge in [0.05, 0.1) is 4.90 Å². The molecule has 2 N–H and O–H groups in total. The van der Waals surface area contributed by atoms with Gasteiger partial charge in [0.2, 0.25) is 5.91 Å². The zero-order valence-electron chi connectivity index (χ0n) is 13.0. The molecule has 0 atom stereocenters. The number of halogens is 1. The maximum atomic E-state index is 12.5. The van der Waals surface area contributed by atoms with E-state index >= 15 is 0 Å². The minimum absolute atomic E-state index is 0.185. The molecule has 2 aromatic carbocycles. The van der Waals surface area contributed by atoms with Crippen molar-refractivity contribution in [3.63, 3.8) is 0 Å². The number of hydrogen-bond donors (Lipinski definition) is 2. The topological polar surface area (TPSA) is 75.3 Å². The molecule has 0 fully saturated rings. The average molecular weight is 353 g/mol. The van der Waals surface area contributed by atoms with Crippen molar-refractivity contribution in [2.75, 3.05) is 10.0 Å². The largest absolute Gasteiger partial charge is 0.326 e. The minimum Gasteiger partial charge on any atom is -0.326 e. The van der Waals surface area contributed by atoms with E-state index in [1.54, 1.807) is 50.2 Å². The molecule has 0 bridgehead atoms. The van der Waals surface area contributed by atoms with Crippen LogP contribution < -0.4 is 10.0 Å².